The molecular formula is C7H7BrF2. The summed E-state index contributed by atoms with van der Waals surface area (Å²) in [4.78, 5) is 0. The van der Waals surface area contributed by atoms with Crippen LogP contribution in [0.4, 0.5) is 8.78 Å². The van der Waals surface area contributed by atoms with Crippen LogP contribution in [0.15, 0.2) is 34.9 Å². The second-order valence-corrected chi connectivity index (χ2v) is 2.68. The molecule has 0 N–H and O–H groups in total. The van der Waals surface area contributed by atoms with Gasteiger partial charge in [-0.1, -0.05) is 6.58 Å². The van der Waals surface area contributed by atoms with Crippen molar-refractivity contribution in [2.24, 2.45) is 0 Å². The molecule has 0 spiro atoms. The zero-order valence-corrected chi connectivity index (χ0v) is 7.08. The predicted molar refractivity (Wildman–Crippen MR) is 42.1 cm³/mol. The minimum Gasteiger partial charge on any atom is -0.214 e. The molecule has 0 aromatic carbocycles. The smallest absolute Gasteiger partial charge is 0.126 e. The summed E-state index contributed by atoms with van der Waals surface area (Å²) >= 11 is 2.77. The van der Waals surface area contributed by atoms with Crippen molar-refractivity contribution in [2.45, 2.75) is 6.92 Å². The Kier molecular flexibility index (Phi) is 4.19. The first-order valence-electron chi connectivity index (χ1n) is 2.57. The molecule has 0 amide bonds. The van der Waals surface area contributed by atoms with Crippen LogP contribution in [0, 0.1) is 0 Å². The van der Waals surface area contributed by atoms with Crippen molar-refractivity contribution in [1.82, 2.24) is 0 Å². The number of hydrogen-bond donors (Lipinski definition) is 0. The highest BCUT2D eigenvalue weighted by molar-refractivity contribution is 9.11. The molecule has 0 rings (SSSR count). The summed E-state index contributed by atoms with van der Waals surface area (Å²) in [5.74, 6) is -0.527. The quantitative estimate of drug-likeness (QED) is 0.609. The Bertz CT molecular complexity index is 192. The van der Waals surface area contributed by atoms with Crippen molar-refractivity contribution >= 4 is 15.9 Å². The maximum absolute atomic E-state index is 12.5. The van der Waals surface area contributed by atoms with Gasteiger partial charge in [-0.25, -0.2) is 8.78 Å². The number of rotatable bonds is 2. The lowest BCUT2D eigenvalue weighted by Crippen LogP contribution is -1.73. The number of hydrogen-bond acceptors (Lipinski definition) is 0. The van der Waals surface area contributed by atoms with Crippen molar-refractivity contribution in [3.8, 4) is 0 Å². The normalized spacial score (nSPS) is 13.6. The molecule has 0 saturated heterocycles. The van der Waals surface area contributed by atoms with Crippen LogP contribution in [0.3, 0.4) is 0 Å². The third-order valence-electron chi connectivity index (χ3n) is 0.777. The van der Waals surface area contributed by atoms with Crippen LogP contribution in [-0.2, 0) is 0 Å². The molecule has 0 fully saturated rings. The monoisotopic (exact) mass is 208 g/mol. The van der Waals surface area contributed by atoms with Crippen LogP contribution in [0.1, 0.15) is 6.92 Å². The maximum atomic E-state index is 12.5. The van der Waals surface area contributed by atoms with Gasteiger partial charge in [-0.2, -0.15) is 0 Å². The zero-order chi connectivity index (χ0) is 8.15. The van der Waals surface area contributed by atoms with E-state index in [9.17, 15) is 8.78 Å². The fourth-order valence-corrected chi connectivity index (χ4v) is 0.477. The Morgan fingerprint density at radius 3 is 2.40 bits per heavy atom. The summed E-state index contributed by atoms with van der Waals surface area (Å²) in [6.07, 6.45) is 1.28. The lowest BCUT2D eigenvalue weighted by molar-refractivity contribution is 0.651. The lowest BCUT2D eigenvalue weighted by Gasteiger charge is -1.91. The Labute approximate surface area is 67.1 Å². The molecule has 0 atom stereocenters. The van der Waals surface area contributed by atoms with Crippen LogP contribution >= 0.6 is 15.9 Å². The Morgan fingerprint density at radius 2 is 2.10 bits per heavy atom. The summed E-state index contributed by atoms with van der Waals surface area (Å²) in [7, 11) is 0. The minimum absolute atomic E-state index is 0.0630. The molecule has 0 aliphatic rings. The van der Waals surface area contributed by atoms with Crippen molar-refractivity contribution in [2.75, 3.05) is 0 Å². The first-order chi connectivity index (χ1) is 4.57. The zero-order valence-electron chi connectivity index (χ0n) is 5.50. The molecule has 56 valence electrons. The van der Waals surface area contributed by atoms with Gasteiger partial charge >= 0.3 is 0 Å². The maximum Gasteiger partial charge on any atom is 0.126 e. The highest BCUT2D eigenvalue weighted by Gasteiger charge is 1.94. The van der Waals surface area contributed by atoms with Crippen LogP contribution in [0.25, 0.3) is 0 Å². The summed E-state index contributed by atoms with van der Waals surface area (Å²) in [6, 6.07) is 0. The fraction of sp³-hybridized carbons (Fsp3) is 0.143. The topological polar surface area (TPSA) is 0 Å². The van der Waals surface area contributed by atoms with Crippen molar-refractivity contribution in [3.63, 3.8) is 0 Å². The van der Waals surface area contributed by atoms with Crippen molar-refractivity contribution in [1.29, 1.82) is 0 Å². The number of allylic oxidation sites excluding steroid dienone is 4. The van der Waals surface area contributed by atoms with Crippen LogP contribution < -0.4 is 0 Å². The fourth-order valence-electron chi connectivity index (χ4n) is 0.276. The van der Waals surface area contributed by atoms with E-state index in [4.69, 9.17) is 0 Å². The molecule has 0 heterocycles. The van der Waals surface area contributed by atoms with E-state index in [1.54, 1.807) is 0 Å². The molecule has 0 radical (unpaired) electrons. The van der Waals surface area contributed by atoms with E-state index in [0.29, 0.717) is 0 Å². The van der Waals surface area contributed by atoms with E-state index < -0.39 is 5.83 Å². The van der Waals surface area contributed by atoms with Gasteiger partial charge in [0.2, 0.25) is 0 Å². The van der Waals surface area contributed by atoms with E-state index in [1.807, 2.05) is 0 Å². The third kappa shape index (κ3) is 3.56. The van der Waals surface area contributed by atoms with Gasteiger partial charge in [0.1, 0.15) is 12.2 Å². The SMILES string of the molecule is C=C(C)/C(F)=C\C(Br)=C\F. The minimum atomic E-state index is -0.527. The first kappa shape index (κ1) is 9.56. The molecule has 0 aromatic heterocycles. The molecule has 0 aliphatic heterocycles. The highest BCUT2D eigenvalue weighted by atomic mass is 79.9. The van der Waals surface area contributed by atoms with Crippen molar-refractivity contribution < 1.29 is 8.78 Å². The first-order valence-corrected chi connectivity index (χ1v) is 3.36. The van der Waals surface area contributed by atoms with Crippen molar-refractivity contribution in [3.05, 3.63) is 34.9 Å². The predicted octanol–water partition coefficient (Wildman–Crippen LogP) is 3.62. The van der Waals surface area contributed by atoms with Gasteiger partial charge in [0, 0.05) is 4.48 Å². The van der Waals surface area contributed by atoms with E-state index in [2.05, 4.69) is 22.5 Å². The van der Waals surface area contributed by atoms with E-state index in [0.717, 1.165) is 6.08 Å². The molecule has 0 saturated carbocycles. The lowest BCUT2D eigenvalue weighted by atomic mass is 10.3. The Morgan fingerprint density at radius 1 is 1.60 bits per heavy atom. The molecule has 3 heteroatoms. The summed E-state index contributed by atoms with van der Waals surface area (Å²) in [5, 5.41) is 0. The van der Waals surface area contributed by atoms with Crippen LogP contribution in [0.2, 0.25) is 0 Å². The molecule has 0 bridgehead atoms. The molecular weight excluding hydrogens is 202 g/mol. The van der Waals surface area contributed by atoms with Crippen LogP contribution in [0.5, 0.6) is 0 Å². The molecule has 0 aliphatic carbocycles. The second kappa shape index (κ2) is 4.39. The van der Waals surface area contributed by atoms with Gasteiger partial charge in [-0.05, 0) is 34.5 Å². The largest absolute Gasteiger partial charge is 0.214 e. The van der Waals surface area contributed by atoms with Crippen LogP contribution in [-0.4, -0.2) is 0 Å². The Hall–Kier alpha value is -0.440. The van der Waals surface area contributed by atoms with Gasteiger partial charge in [-0.15, -0.1) is 0 Å². The average molecular weight is 209 g/mol. The van der Waals surface area contributed by atoms with Gasteiger partial charge in [0.05, 0.1) is 0 Å². The molecule has 0 aromatic rings. The molecule has 0 unspecified atom stereocenters. The average Bonchev–Trinajstić information content (AvgIpc) is 1.87. The van der Waals surface area contributed by atoms with E-state index in [-0.39, 0.29) is 16.4 Å². The van der Waals surface area contributed by atoms with Gasteiger partial charge in [0.15, 0.2) is 0 Å². The van der Waals surface area contributed by atoms with Gasteiger partial charge in [0.25, 0.3) is 0 Å². The summed E-state index contributed by atoms with van der Waals surface area (Å²) in [5.41, 5.74) is 0.277. The third-order valence-corrected chi connectivity index (χ3v) is 1.18. The van der Waals surface area contributed by atoms with Gasteiger partial charge < -0.3 is 0 Å². The van der Waals surface area contributed by atoms with E-state index >= 15 is 0 Å². The summed E-state index contributed by atoms with van der Waals surface area (Å²) < 4.78 is 24.1. The molecule has 10 heavy (non-hydrogen) atoms. The Balaban J connectivity index is 4.31. The van der Waals surface area contributed by atoms with E-state index in [1.165, 1.54) is 6.92 Å². The highest BCUT2D eigenvalue weighted by Crippen LogP contribution is 2.15. The number of halogens is 3. The standard InChI is InChI=1S/C7H7BrF2/c1-5(2)7(10)3-6(8)4-9/h3-4H,1H2,2H3/b6-4-,7-3+. The van der Waals surface area contributed by atoms with Gasteiger partial charge in [-0.3, -0.25) is 0 Å². The summed E-state index contributed by atoms with van der Waals surface area (Å²) in [6.45, 7) is 4.83. The molecule has 0 nitrogen and oxygen atoms in total. The second-order valence-electron chi connectivity index (χ2n) is 1.77.